The van der Waals surface area contributed by atoms with E-state index < -0.39 is 13.7 Å². The second kappa shape index (κ2) is 7.67. The monoisotopic (exact) mass is 385 g/mol. The number of carbonyl (C=O) groups excluding carboxylic acids is 1. The molecular weight excluding hydrogens is 350 g/mol. The standard InChI is InChI=1S/C23H35NO2Si/c1-22(2,3)26-21(25)24-20(17-12-10-9-11-13-17)18-14-15-19(16-18)27(7,8)23(4,5)6/h9-16,19-20H,1-8H3,(H,24,25). The Bertz CT molecular complexity index is 721. The molecule has 1 aromatic carbocycles. The summed E-state index contributed by atoms with van der Waals surface area (Å²) < 4.78 is 5.50. The Morgan fingerprint density at radius 2 is 1.67 bits per heavy atom. The lowest BCUT2D eigenvalue weighted by atomic mass is 10.00. The topological polar surface area (TPSA) is 38.3 Å². The molecule has 0 aromatic heterocycles. The number of amides is 1. The highest BCUT2D eigenvalue weighted by molar-refractivity contribution is 6.82. The summed E-state index contributed by atoms with van der Waals surface area (Å²) in [5.74, 6) is 0. The molecule has 2 unspecified atom stereocenters. The maximum Gasteiger partial charge on any atom is 0.408 e. The molecule has 4 heteroatoms. The molecule has 0 heterocycles. The van der Waals surface area contributed by atoms with E-state index in [0.29, 0.717) is 10.6 Å². The van der Waals surface area contributed by atoms with Crippen LogP contribution in [0.5, 0.6) is 0 Å². The van der Waals surface area contributed by atoms with Gasteiger partial charge in [-0.15, -0.1) is 0 Å². The first-order chi connectivity index (χ1) is 12.3. The smallest absolute Gasteiger partial charge is 0.408 e. The molecule has 2 rings (SSSR count). The van der Waals surface area contributed by atoms with Crippen LogP contribution in [0.3, 0.4) is 0 Å². The Morgan fingerprint density at radius 3 is 2.19 bits per heavy atom. The second-order valence-corrected chi connectivity index (χ2v) is 15.6. The minimum absolute atomic E-state index is 0.202. The largest absolute Gasteiger partial charge is 0.444 e. The highest BCUT2D eigenvalue weighted by atomic mass is 28.3. The molecule has 3 nitrogen and oxygen atoms in total. The molecule has 2 atom stereocenters. The van der Waals surface area contributed by atoms with Crippen molar-refractivity contribution in [2.24, 2.45) is 0 Å². The predicted molar refractivity (Wildman–Crippen MR) is 117 cm³/mol. The number of alkyl carbamates (subject to hydrolysis) is 1. The zero-order valence-electron chi connectivity index (χ0n) is 18.1. The SMILES string of the molecule is CC(C)(C)OC(=O)NC(C1=CC([Si](C)(C)C(C)(C)C)C=C1)c1ccccc1. The molecule has 0 spiro atoms. The molecule has 1 aromatic rings. The molecule has 0 saturated heterocycles. The zero-order chi connectivity index (χ0) is 20.5. The van der Waals surface area contributed by atoms with Crippen LogP contribution in [-0.4, -0.2) is 19.8 Å². The van der Waals surface area contributed by atoms with Gasteiger partial charge in [0.1, 0.15) is 5.60 Å². The molecule has 0 aliphatic heterocycles. The summed E-state index contributed by atoms with van der Waals surface area (Å²) >= 11 is 0. The minimum atomic E-state index is -1.55. The van der Waals surface area contributed by atoms with E-state index in [1.54, 1.807) is 0 Å². The summed E-state index contributed by atoms with van der Waals surface area (Å²) in [6.07, 6.45) is 6.47. The van der Waals surface area contributed by atoms with Crippen LogP contribution in [0.2, 0.25) is 23.7 Å². The van der Waals surface area contributed by atoms with Crippen molar-refractivity contribution in [2.45, 2.75) is 76.9 Å². The van der Waals surface area contributed by atoms with Crippen molar-refractivity contribution in [3.8, 4) is 0 Å². The van der Waals surface area contributed by atoms with E-state index in [0.717, 1.165) is 11.1 Å². The number of benzene rings is 1. The van der Waals surface area contributed by atoms with Crippen LogP contribution in [0, 0.1) is 0 Å². The van der Waals surface area contributed by atoms with E-state index in [1.165, 1.54) is 0 Å². The predicted octanol–water partition coefficient (Wildman–Crippen LogP) is 6.63. The molecule has 1 aliphatic rings. The van der Waals surface area contributed by atoms with E-state index in [2.05, 4.69) is 69.5 Å². The normalized spacial score (nSPS) is 18.8. The van der Waals surface area contributed by atoms with Crippen molar-refractivity contribution in [1.29, 1.82) is 0 Å². The minimum Gasteiger partial charge on any atom is -0.444 e. The van der Waals surface area contributed by atoms with Gasteiger partial charge in [-0.05, 0) is 42.5 Å². The van der Waals surface area contributed by atoms with Crippen LogP contribution in [-0.2, 0) is 4.74 Å². The summed E-state index contributed by atoms with van der Waals surface area (Å²) in [6.45, 7) is 17.6. The third-order valence-corrected chi connectivity index (χ3v) is 11.7. The van der Waals surface area contributed by atoms with Crippen LogP contribution in [0.4, 0.5) is 4.79 Å². The van der Waals surface area contributed by atoms with Gasteiger partial charge in [-0.3, -0.25) is 0 Å². The number of ether oxygens (including phenoxy) is 1. The first-order valence-electron chi connectivity index (χ1n) is 9.76. The van der Waals surface area contributed by atoms with Gasteiger partial charge in [-0.2, -0.15) is 0 Å². The number of carbonyl (C=O) groups is 1. The van der Waals surface area contributed by atoms with E-state index in [1.807, 2.05) is 39.0 Å². The molecule has 27 heavy (non-hydrogen) atoms. The highest BCUT2D eigenvalue weighted by Crippen LogP contribution is 2.47. The summed E-state index contributed by atoms with van der Waals surface area (Å²) in [4.78, 5) is 12.5. The Hall–Kier alpha value is -1.81. The fourth-order valence-electron chi connectivity index (χ4n) is 3.10. The van der Waals surface area contributed by atoms with Gasteiger partial charge in [0.25, 0.3) is 0 Å². The van der Waals surface area contributed by atoms with E-state index in [-0.39, 0.29) is 12.1 Å². The van der Waals surface area contributed by atoms with Crippen LogP contribution in [0.1, 0.15) is 53.1 Å². The van der Waals surface area contributed by atoms with Crippen molar-refractivity contribution in [3.63, 3.8) is 0 Å². The van der Waals surface area contributed by atoms with Crippen molar-refractivity contribution in [1.82, 2.24) is 5.32 Å². The molecule has 1 N–H and O–H groups in total. The number of nitrogens with one attached hydrogen (secondary N) is 1. The van der Waals surface area contributed by atoms with Crippen molar-refractivity contribution in [2.75, 3.05) is 0 Å². The maximum atomic E-state index is 12.5. The van der Waals surface area contributed by atoms with E-state index >= 15 is 0 Å². The van der Waals surface area contributed by atoms with Gasteiger partial charge in [0.05, 0.1) is 14.1 Å². The lowest BCUT2D eigenvalue weighted by Gasteiger charge is -2.40. The summed E-state index contributed by atoms with van der Waals surface area (Å²) in [5, 5.41) is 3.38. The Morgan fingerprint density at radius 1 is 1.07 bits per heavy atom. The number of hydrogen-bond donors (Lipinski definition) is 1. The summed E-state index contributed by atoms with van der Waals surface area (Å²) in [6, 6.07) is 9.90. The van der Waals surface area contributed by atoms with Gasteiger partial charge < -0.3 is 10.1 Å². The third kappa shape index (κ3) is 5.35. The molecular formula is C23H35NO2Si. The van der Waals surface area contributed by atoms with Crippen LogP contribution in [0.15, 0.2) is 54.1 Å². The molecule has 0 fully saturated rings. The zero-order valence-corrected chi connectivity index (χ0v) is 19.1. The average Bonchev–Trinajstić information content (AvgIpc) is 3.01. The van der Waals surface area contributed by atoms with Crippen molar-refractivity contribution in [3.05, 3.63) is 59.7 Å². The molecule has 1 aliphatic carbocycles. The Kier molecular flexibility index (Phi) is 6.10. The van der Waals surface area contributed by atoms with Gasteiger partial charge in [-0.1, -0.05) is 82.4 Å². The first kappa shape index (κ1) is 21.5. The number of allylic oxidation sites excluding steroid dienone is 2. The van der Waals surface area contributed by atoms with Gasteiger partial charge in [0.15, 0.2) is 0 Å². The lowest BCUT2D eigenvalue weighted by Crippen LogP contribution is -2.40. The van der Waals surface area contributed by atoms with E-state index in [9.17, 15) is 4.79 Å². The highest BCUT2D eigenvalue weighted by Gasteiger charge is 2.41. The lowest BCUT2D eigenvalue weighted by molar-refractivity contribution is 0.0512. The molecule has 0 radical (unpaired) electrons. The fraction of sp³-hybridized carbons (Fsp3) is 0.522. The van der Waals surface area contributed by atoms with Gasteiger partial charge in [0.2, 0.25) is 0 Å². The first-order valence-corrected chi connectivity index (χ1v) is 12.8. The summed E-state index contributed by atoms with van der Waals surface area (Å²) in [7, 11) is -1.55. The van der Waals surface area contributed by atoms with Crippen LogP contribution in [0.25, 0.3) is 0 Å². The third-order valence-electron chi connectivity index (χ3n) is 5.76. The van der Waals surface area contributed by atoms with Crippen molar-refractivity contribution >= 4 is 14.2 Å². The maximum absolute atomic E-state index is 12.5. The second-order valence-electron chi connectivity index (χ2n) is 10.0. The number of hydrogen-bond acceptors (Lipinski definition) is 2. The Balaban J connectivity index is 2.31. The van der Waals surface area contributed by atoms with Gasteiger partial charge >= 0.3 is 6.09 Å². The molecule has 0 bridgehead atoms. The summed E-state index contributed by atoms with van der Waals surface area (Å²) in [5.41, 5.74) is 2.14. The molecule has 0 saturated carbocycles. The number of rotatable bonds is 4. The van der Waals surface area contributed by atoms with Crippen LogP contribution < -0.4 is 5.32 Å². The molecule has 148 valence electrons. The quantitative estimate of drug-likeness (QED) is 0.591. The molecule has 1 amide bonds. The van der Waals surface area contributed by atoms with E-state index in [4.69, 9.17) is 4.74 Å². The van der Waals surface area contributed by atoms with Crippen LogP contribution >= 0.6 is 0 Å². The average molecular weight is 386 g/mol. The fourth-order valence-corrected chi connectivity index (χ4v) is 5.29. The Labute approximate surface area is 165 Å². The van der Waals surface area contributed by atoms with Gasteiger partial charge in [0, 0.05) is 0 Å². The van der Waals surface area contributed by atoms with Gasteiger partial charge in [-0.25, -0.2) is 4.79 Å². The van der Waals surface area contributed by atoms with Crippen molar-refractivity contribution < 1.29 is 9.53 Å².